The maximum atomic E-state index is 14.7. The summed E-state index contributed by atoms with van der Waals surface area (Å²) in [6.45, 7) is 12.4. The molecule has 27 nitrogen and oxygen atoms in total. The summed E-state index contributed by atoms with van der Waals surface area (Å²) in [5, 5.41) is 17.7. The fourth-order valence-electron chi connectivity index (χ4n) is 18.4. The van der Waals surface area contributed by atoms with Crippen LogP contribution in [0.5, 0.6) is 0 Å². The lowest BCUT2D eigenvalue weighted by molar-refractivity contribution is 0.0685. The highest BCUT2D eigenvalue weighted by atomic mass is 19.1. The number of hydrogen-bond acceptors (Lipinski definition) is 23. The van der Waals surface area contributed by atoms with Crippen LogP contribution < -0.4 is 21.3 Å². The molecular formula is C89H87F3N22O5. The van der Waals surface area contributed by atoms with E-state index in [1.165, 1.54) is 18.2 Å². The Hall–Kier alpha value is -13.4. The first-order valence-corrected chi connectivity index (χ1v) is 40.2. The molecule has 4 N–H and O–H groups in total. The number of carbonyl (C=O) groups is 4. The largest absolute Gasteiger partial charge is 0.365 e. The van der Waals surface area contributed by atoms with Crippen LogP contribution in [0.1, 0.15) is 121 Å². The summed E-state index contributed by atoms with van der Waals surface area (Å²) in [7, 11) is 0. The highest BCUT2D eigenvalue weighted by Gasteiger charge is 2.52. The number of rotatable bonds is 16. The van der Waals surface area contributed by atoms with Crippen LogP contribution in [0.2, 0.25) is 0 Å². The zero-order valence-corrected chi connectivity index (χ0v) is 66.1. The van der Waals surface area contributed by atoms with Crippen molar-refractivity contribution in [3.63, 3.8) is 0 Å². The van der Waals surface area contributed by atoms with Crippen molar-refractivity contribution in [3.05, 3.63) is 264 Å². The molecule has 30 heteroatoms. The molecule has 4 aliphatic carbocycles. The van der Waals surface area contributed by atoms with E-state index in [1.54, 1.807) is 123 Å². The lowest BCUT2D eigenvalue weighted by Crippen LogP contribution is -2.48. The number of carbonyl (C=O) groups excluding carboxylic acids is 4. The van der Waals surface area contributed by atoms with Gasteiger partial charge in [-0.2, -0.15) is 4.98 Å². The molecule has 4 amide bonds. The van der Waals surface area contributed by atoms with Gasteiger partial charge in [-0.15, -0.1) is 0 Å². The number of aryl methyl sites for hydroxylation is 5. The molecule has 20 rings (SSSR count). The zero-order chi connectivity index (χ0) is 82.0. The van der Waals surface area contributed by atoms with Crippen molar-refractivity contribution < 1.29 is 36.9 Å². The lowest BCUT2D eigenvalue weighted by Gasteiger charge is -2.34. The number of hydrogen-bond donors (Lipinski definition) is 4. The van der Waals surface area contributed by atoms with Crippen molar-refractivity contribution in [3.8, 4) is 45.6 Å². The molecular weight excluding hydrogens is 1510 g/mol. The third-order valence-electron chi connectivity index (χ3n) is 23.7. The SMILES string of the molecule is Cc1ccc(NC2CC3CC2N(C(=O)c2cccc(F)c2-c2ncccn2)C3)nc1.Cc1ccc(NC2CC3CC2N(C(=O)c2ccccc2-c2nc(C)no2)C3)nc1.Cc1cnc(NC2CC3CC2N(C(=O)c2cccc(F)c2-c2ncccn2)C3)cn1.Cc1cnc(NC2CC3CC2N(C(=O)c2cccc(F)c2-c2ncccn2)C3)nc1. The monoisotopic (exact) mass is 1600 g/mol. The molecule has 4 aliphatic heterocycles. The van der Waals surface area contributed by atoms with E-state index in [4.69, 9.17) is 4.52 Å². The number of fused-ring (bicyclic) bond motifs is 8. The van der Waals surface area contributed by atoms with Gasteiger partial charge in [0.25, 0.3) is 29.5 Å². The third-order valence-corrected chi connectivity index (χ3v) is 23.7. The maximum absolute atomic E-state index is 14.7. The summed E-state index contributed by atoms with van der Waals surface area (Å²) in [5.74, 6) is 4.29. The Labute approximate surface area is 684 Å². The van der Waals surface area contributed by atoms with E-state index in [0.29, 0.717) is 94.6 Å². The predicted molar refractivity (Wildman–Crippen MR) is 438 cm³/mol. The van der Waals surface area contributed by atoms with Gasteiger partial charge < -0.3 is 45.4 Å². The molecule has 8 aliphatic rings. The first-order chi connectivity index (χ1) is 57.9. The fraction of sp³-hybridized carbons (Fsp3) is 0.326. The van der Waals surface area contributed by atoms with E-state index in [-0.39, 0.29) is 106 Å². The molecule has 12 unspecified atom stereocenters. The van der Waals surface area contributed by atoms with Gasteiger partial charge in [0.1, 0.15) is 34.9 Å². The van der Waals surface area contributed by atoms with Crippen molar-refractivity contribution in [2.45, 2.75) is 134 Å². The summed E-state index contributed by atoms with van der Waals surface area (Å²) in [6, 6.07) is 34.9. The normalized spacial score (nSPS) is 22.5. The molecule has 0 spiro atoms. The summed E-state index contributed by atoms with van der Waals surface area (Å²) in [6.07, 6.45) is 27.8. The number of aromatic nitrogens is 14. The molecule has 604 valence electrons. The second-order valence-electron chi connectivity index (χ2n) is 31.9. The Kier molecular flexibility index (Phi) is 22.3. The van der Waals surface area contributed by atoms with Crippen molar-refractivity contribution in [1.29, 1.82) is 0 Å². The van der Waals surface area contributed by atoms with Crippen molar-refractivity contribution >= 4 is 47.0 Å². The Balaban J connectivity index is 0.000000113. The van der Waals surface area contributed by atoms with E-state index in [1.807, 2.05) is 108 Å². The Morgan fingerprint density at radius 2 is 0.714 bits per heavy atom. The number of nitrogens with one attached hydrogen (secondary N) is 4. The number of likely N-dealkylation sites (tertiary alicyclic amines) is 4. The standard InChI is InChI=1S/C23H22FN5O.2C22H21FN6O.C22H23N5O2/c1-14-6-7-20(27-12-14)28-18-10-15-11-19(18)29(13-15)23(30)16-4-2-5-17(24)21(16)22-25-8-3-9-26-22;1-13-10-27-19(11-26-13)28-17-8-14-9-18(17)29(12-14)22(30)15-4-2-5-16(23)20(15)21-24-6-3-7-25-21;1-13-10-26-22(27-11-13)28-17-8-14-9-18(17)29(12-14)21(30)15-4-2-5-16(23)19(15)20-24-6-3-7-25-20;1-13-7-8-20(23-11-13)25-18-9-15-10-19(18)27(12-15)22(28)17-6-4-3-5-16(17)21-24-14(2)26-29-21/h2-9,12,15,18-19H,10-11,13H2,1H3,(H,27,28);2-7,10-11,14,17-18H,8-9,12H2,1H3,(H,27,28);2-7,10-11,14,17-18H,8-9,12H2,1H3,(H,26,27,28);3-8,11,15,18-19H,9-10,12H2,1-2H3,(H,23,25). The predicted octanol–water partition coefficient (Wildman–Crippen LogP) is 13.4. The van der Waals surface area contributed by atoms with Crippen LogP contribution in [0.4, 0.5) is 36.6 Å². The number of benzene rings is 4. The van der Waals surface area contributed by atoms with Crippen LogP contribution in [-0.4, -0.2) is 188 Å². The molecule has 8 fully saturated rings. The Morgan fingerprint density at radius 3 is 1.08 bits per heavy atom. The summed E-state index contributed by atoms with van der Waals surface area (Å²) < 4.78 is 49.4. The first-order valence-electron chi connectivity index (χ1n) is 40.2. The molecule has 12 atom stereocenters. The van der Waals surface area contributed by atoms with E-state index < -0.39 is 17.5 Å². The smallest absolute Gasteiger partial charge is 0.258 e. The average Bonchev–Trinajstić information content (AvgIpc) is 1.64. The van der Waals surface area contributed by atoms with Crippen LogP contribution in [0.15, 0.2) is 200 Å². The van der Waals surface area contributed by atoms with Crippen LogP contribution in [0, 0.1) is 75.7 Å². The molecule has 12 heterocycles. The number of amides is 4. The van der Waals surface area contributed by atoms with E-state index in [9.17, 15) is 32.3 Å². The van der Waals surface area contributed by atoms with Gasteiger partial charge in [0.05, 0.1) is 86.8 Å². The highest BCUT2D eigenvalue weighted by molar-refractivity contribution is 6.03. The van der Waals surface area contributed by atoms with Gasteiger partial charge in [-0.3, -0.25) is 24.2 Å². The second-order valence-corrected chi connectivity index (χ2v) is 31.9. The number of halogens is 3. The molecule has 4 saturated heterocycles. The summed E-state index contributed by atoms with van der Waals surface area (Å²) in [4.78, 5) is 117. The number of piperidine rings is 4. The molecule has 12 aromatic rings. The van der Waals surface area contributed by atoms with Gasteiger partial charge in [-0.05, 0) is 205 Å². The number of anilines is 4. The second kappa shape index (κ2) is 34.0. The average molecular weight is 1600 g/mol. The quantitative estimate of drug-likeness (QED) is 0.0698. The van der Waals surface area contributed by atoms with Gasteiger partial charge >= 0.3 is 0 Å². The molecule has 119 heavy (non-hydrogen) atoms. The van der Waals surface area contributed by atoms with Crippen LogP contribution >= 0.6 is 0 Å². The zero-order valence-electron chi connectivity index (χ0n) is 66.1. The first kappa shape index (κ1) is 78.1. The molecule has 8 aromatic heterocycles. The van der Waals surface area contributed by atoms with Crippen molar-refractivity contribution in [2.75, 3.05) is 47.4 Å². The minimum atomic E-state index is -0.501. The highest BCUT2D eigenvalue weighted by Crippen LogP contribution is 2.46. The fourth-order valence-corrected chi connectivity index (χ4v) is 18.4. The topological polar surface area (TPSA) is 323 Å². The van der Waals surface area contributed by atoms with Crippen molar-refractivity contribution in [1.82, 2.24) is 89.5 Å². The van der Waals surface area contributed by atoms with Gasteiger partial charge in [0, 0.05) is 112 Å². The van der Waals surface area contributed by atoms with E-state index in [2.05, 4.69) is 91.2 Å². The van der Waals surface area contributed by atoms with Crippen LogP contribution in [-0.2, 0) is 0 Å². The number of nitrogens with zero attached hydrogens (tertiary/aromatic N) is 18. The summed E-state index contributed by atoms with van der Waals surface area (Å²) in [5.41, 5.74) is 6.73. The van der Waals surface area contributed by atoms with Gasteiger partial charge in [0.15, 0.2) is 23.3 Å². The van der Waals surface area contributed by atoms with Crippen molar-refractivity contribution in [2.24, 2.45) is 23.7 Å². The number of pyridine rings is 2. The van der Waals surface area contributed by atoms with Crippen LogP contribution in [0.3, 0.4) is 0 Å². The summed E-state index contributed by atoms with van der Waals surface area (Å²) >= 11 is 0. The minimum absolute atomic E-state index is 0.0141. The van der Waals surface area contributed by atoms with Gasteiger partial charge in [-0.1, -0.05) is 47.6 Å². The van der Waals surface area contributed by atoms with Gasteiger partial charge in [0.2, 0.25) is 5.95 Å². The minimum Gasteiger partial charge on any atom is -0.365 e. The molecule has 4 aromatic carbocycles. The Bertz CT molecular complexity index is 5240. The third kappa shape index (κ3) is 16.7. The lowest BCUT2D eigenvalue weighted by atomic mass is 10.0. The van der Waals surface area contributed by atoms with E-state index >= 15 is 0 Å². The Morgan fingerprint density at radius 1 is 0.353 bits per heavy atom. The molecule has 4 saturated carbocycles. The van der Waals surface area contributed by atoms with Crippen LogP contribution in [0.25, 0.3) is 45.6 Å². The molecule has 0 radical (unpaired) electrons. The van der Waals surface area contributed by atoms with Gasteiger partial charge in [-0.25, -0.2) is 68.0 Å². The maximum Gasteiger partial charge on any atom is 0.258 e. The van der Waals surface area contributed by atoms with E-state index in [0.717, 1.165) is 91.9 Å². The molecule has 8 bridgehead atoms.